The summed E-state index contributed by atoms with van der Waals surface area (Å²) in [4.78, 5) is 18.3. The van der Waals surface area contributed by atoms with Crippen LogP contribution in [0.4, 0.5) is 18.9 Å². The van der Waals surface area contributed by atoms with Crippen molar-refractivity contribution in [2.75, 3.05) is 18.1 Å². The van der Waals surface area contributed by atoms with Crippen molar-refractivity contribution < 1.29 is 27.8 Å². The Hall–Kier alpha value is -4.34. The molecule has 224 valence electrons. The maximum absolute atomic E-state index is 15.7. The van der Waals surface area contributed by atoms with Gasteiger partial charge in [-0.1, -0.05) is 29.8 Å². The number of fused-ring (bicyclic) bond motifs is 2. The molecule has 2 aliphatic heterocycles. The van der Waals surface area contributed by atoms with Crippen molar-refractivity contribution in [3.8, 4) is 11.1 Å². The highest BCUT2D eigenvalue weighted by Gasteiger charge is 2.25. The molecule has 0 saturated carbocycles. The van der Waals surface area contributed by atoms with Gasteiger partial charge in [0.2, 0.25) is 0 Å². The van der Waals surface area contributed by atoms with Gasteiger partial charge in [0.15, 0.2) is 0 Å². The molecule has 0 amide bonds. The third kappa shape index (κ3) is 5.31. The molecule has 7 rings (SSSR count). The minimum atomic E-state index is -1.07. The van der Waals surface area contributed by atoms with E-state index >= 15 is 8.78 Å². The Morgan fingerprint density at radius 1 is 0.977 bits per heavy atom. The van der Waals surface area contributed by atoms with Crippen molar-refractivity contribution in [3.05, 3.63) is 117 Å². The summed E-state index contributed by atoms with van der Waals surface area (Å²) in [6.45, 7) is 2.09. The molecule has 0 aliphatic carbocycles. The number of imidazole rings is 1. The molecule has 4 aromatic carbocycles. The second-order valence-corrected chi connectivity index (χ2v) is 11.7. The van der Waals surface area contributed by atoms with Gasteiger partial charge in [-0.2, -0.15) is 0 Å². The summed E-state index contributed by atoms with van der Waals surface area (Å²) in [5, 5.41) is 9.82. The van der Waals surface area contributed by atoms with Crippen LogP contribution in [0.25, 0.3) is 22.2 Å². The highest BCUT2D eigenvalue weighted by Crippen LogP contribution is 2.36. The average molecular weight is 618 g/mol. The van der Waals surface area contributed by atoms with Crippen LogP contribution in [0.2, 0.25) is 5.02 Å². The molecular weight excluding hydrogens is 591 g/mol. The molecule has 1 saturated heterocycles. The first-order valence-electron chi connectivity index (χ1n) is 14.4. The maximum Gasteiger partial charge on any atom is 0.335 e. The zero-order chi connectivity index (χ0) is 30.5. The van der Waals surface area contributed by atoms with E-state index in [4.69, 9.17) is 16.3 Å². The van der Waals surface area contributed by atoms with Gasteiger partial charge < -0.3 is 19.3 Å². The Labute approximate surface area is 256 Å². The predicted molar refractivity (Wildman–Crippen MR) is 162 cm³/mol. The second-order valence-electron chi connectivity index (χ2n) is 11.3. The summed E-state index contributed by atoms with van der Waals surface area (Å²) in [7, 11) is 0. The molecule has 0 spiro atoms. The highest BCUT2D eigenvalue weighted by atomic mass is 35.5. The van der Waals surface area contributed by atoms with Crippen molar-refractivity contribution >= 4 is 34.3 Å². The SMILES string of the molecule is O=C(O)c1ccc2nc(Cc3c(F)cc(-c4ccc5c(c4)N(Cc4ccc(Cl)cc4F)CC5)cc3F)n(C[C@@H]3CCO3)c2c1. The van der Waals surface area contributed by atoms with Gasteiger partial charge in [0.25, 0.3) is 0 Å². The van der Waals surface area contributed by atoms with E-state index in [1.54, 1.807) is 22.8 Å². The first kappa shape index (κ1) is 28.4. The summed E-state index contributed by atoms with van der Waals surface area (Å²) in [5.41, 5.74) is 4.63. The van der Waals surface area contributed by atoms with Crippen LogP contribution in [0.3, 0.4) is 0 Å². The first-order chi connectivity index (χ1) is 21.2. The van der Waals surface area contributed by atoms with Gasteiger partial charge in [0.1, 0.15) is 23.3 Å². The first-order valence-corrected chi connectivity index (χ1v) is 14.8. The van der Waals surface area contributed by atoms with Gasteiger partial charge in [-0.3, -0.25) is 0 Å². The number of carboxylic acids is 1. The van der Waals surface area contributed by atoms with E-state index in [1.165, 1.54) is 30.3 Å². The standard InChI is InChI=1S/C34H27ClF3N3O3/c35-24-5-3-22(27(36)15-24)17-40-9-7-19-1-2-20(13-31(19)40)23-11-28(37)26(29(38)12-23)16-33-39-30-6-4-21(34(42)43)14-32(30)41(33)18-25-8-10-44-25/h1-6,11-15,25H,7-10,16-18H2,(H,42,43)/t25-/m0/s1. The minimum absolute atomic E-state index is 0.0766. The van der Waals surface area contributed by atoms with E-state index in [0.29, 0.717) is 64.8 Å². The molecule has 3 heterocycles. The molecular formula is C34H27ClF3N3O3. The fourth-order valence-electron chi connectivity index (χ4n) is 6.02. The van der Waals surface area contributed by atoms with Crippen LogP contribution in [0.15, 0.2) is 66.7 Å². The number of benzene rings is 4. The maximum atomic E-state index is 15.7. The zero-order valence-corrected chi connectivity index (χ0v) is 24.3. The molecule has 0 bridgehead atoms. The number of rotatable bonds is 8. The molecule has 1 atom stereocenters. The number of ether oxygens (including phenoxy) is 1. The van der Waals surface area contributed by atoms with Gasteiger partial charge >= 0.3 is 5.97 Å². The van der Waals surface area contributed by atoms with Crippen molar-refractivity contribution in [3.63, 3.8) is 0 Å². The lowest BCUT2D eigenvalue weighted by Crippen LogP contribution is -2.31. The molecule has 6 nitrogen and oxygen atoms in total. The number of carbonyl (C=O) groups is 1. The van der Waals surface area contributed by atoms with Crippen molar-refractivity contribution in [1.82, 2.24) is 9.55 Å². The molecule has 10 heteroatoms. The van der Waals surface area contributed by atoms with Crippen LogP contribution in [0, 0.1) is 17.5 Å². The van der Waals surface area contributed by atoms with E-state index in [-0.39, 0.29) is 29.5 Å². The van der Waals surface area contributed by atoms with Gasteiger partial charge in [0.05, 0.1) is 29.2 Å². The number of carboxylic acid groups (broad SMARTS) is 1. The Kier molecular flexibility index (Phi) is 7.30. The van der Waals surface area contributed by atoms with Gasteiger partial charge in [-0.15, -0.1) is 0 Å². The van der Waals surface area contributed by atoms with Crippen molar-refractivity contribution in [2.45, 2.75) is 38.5 Å². The number of halogens is 4. The van der Waals surface area contributed by atoms with Crippen LogP contribution in [0.1, 0.15) is 39.3 Å². The topological polar surface area (TPSA) is 67.6 Å². The molecule has 5 aromatic rings. The Morgan fingerprint density at radius 2 is 1.77 bits per heavy atom. The van der Waals surface area contributed by atoms with Crippen LogP contribution < -0.4 is 4.90 Å². The van der Waals surface area contributed by atoms with E-state index in [9.17, 15) is 14.3 Å². The van der Waals surface area contributed by atoms with Crippen LogP contribution in [-0.2, 0) is 30.7 Å². The normalized spacial score (nSPS) is 15.9. The number of anilines is 1. The smallest absolute Gasteiger partial charge is 0.335 e. The number of aromatic carboxylic acids is 1. The molecule has 1 N–H and O–H groups in total. The Balaban J connectivity index is 1.19. The number of nitrogens with zero attached hydrogens (tertiary/aromatic N) is 3. The van der Waals surface area contributed by atoms with E-state index in [2.05, 4.69) is 9.88 Å². The Bertz CT molecular complexity index is 1920. The number of aromatic nitrogens is 2. The molecule has 2 aliphatic rings. The van der Waals surface area contributed by atoms with Crippen LogP contribution >= 0.6 is 11.6 Å². The molecule has 1 aromatic heterocycles. The highest BCUT2D eigenvalue weighted by molar-refractivity contribution is 6.30. The monoisotopic (exact) mass is 617 g/mol. The quantitative estimate of drug-likeness (QED) is 0.196. The third-order valence-corrected chi connectivity index (χ3v) is 8.75. The lowest BCUT2D eigenvalue weighted by atomic mass is 9.99. The van der Waals surface area contributed by atoms with Crippen LogP contribution in [-0.4, -0.2) is 39.9 Å². The second kappa shape index (κ2) is 11.3. The van der Waals surface area contributed by atoms with Gasteiger partial charge in [-0.05, 0) is 78.1 Å². The lowest BCUT2D eigenvalue weighted by Gasteiger charge is -2.27. The fourth-order valence-corrected chi connectivity index (χ4v) is 6.18. The molecule has 1 fully saturated rings. The number of hydrogen-bond donors (Lipinski definition) is 1. The number of hydrogen-bond acceptors (Lipinski definition) is 4. The fraction of sp³-hybridized carbons (Fsp3) is 0.235. The van der Waals surface area contributed by atoms with Crippen molar-refractivity contribution in [2.24, 2.45) is 0 Å². The molecule has 0 radical (unpaired) electrons. The van der Waals surface area contributed by atoms with E-state index in [0.717, 1.165) is 24.1 Å². The average Bonchev–Trinajstić information content (AvgIpc) is 3.53. The van der Waals surface area contributed by atoms with Crippen LogP contribution in [0.5, 0.6) is 0 Å². The van der Waals surface area contributed by atoms with Gasteiger partial charge in [-0.25, -0.2) is 22.9 Å². The third-order valence-electron chi connectivity index (χ3n) is 8.52. The summed E-state index contributed by atoms with van der Waals surface area (Å²) in [5.74, 6) is -2.43. The van der Waals surface area contributed by atoms with E-state index < -0.39 is 17.6 Å². The summed E-state index contributed by atoms with van der Waals surface area (Å²) in [6, 6.07) is 17.5. The lowest BCUT2D eigenvalue weighted by molar-refractivity contribution is -0.0589. The zero-order valence-electron chi connectivity index (χ0n) is 23.5. The summed E-state index contributed by atoms with van der Waals surface area (Å²) in [6.07, 6.45) is 1.43. The Morgan fingerprint density at radius 3 is 2.48 bits per heavy atom. The molecule has 44 heavy (non-hydrogen) atoms. The van der Waals surface area contributed by atoms with E-state index in [1.807, 2.05) is 18.2 Å². The molecule has 0 unspecified atom stereocenters. The minimum Gasteiger partial charge on any atom is -0.478 e. The van der Waals surface area contributed by atoms with Gasteiger partial charge in [0, 0.05) is 48.0 Å². The van der Waals surface area contributed by atoms with Crippen molar-refractivity contribution in [1.29, 1.82) is 0 Å². The summed E-state index contributed by atoms with van der Waals surface area (Å²) >= 11 is 5.91. The largest absolute Gasteiger partial charge is 0.478 e. The predicted octanol–water partition coefficient (Wildman–Crippen LogP) is 7.41. The summed E-state index contributed by atoms with van der Waals surface area (Å²) < 4.78 is 53.2.